The van der Waals surface area contributed by atoms with E-state index in [9.17, 15) is 0 Å². The first-order chi connectivity index (χ1) is 7.69. The van der Waals surface area contributed by atoms with Crippen LogP contribution in [0.1, 0.15) is 19.4 Å². The van der Waals surface area contributed by atoms with Gasteiger partial charge in [0.15, 0.2) is 0 Å². The van der Waals surface area contributed by atoms with E-state index in [2.05, 4.69) is 39.1 Å². The van der Waals surface area contributed by atoms with Crippen LogP contribution in [0.4, 0.5) is 0 Å². The Labute approximate surface area is 110 Å². The van der Waals surface area contributed by atoms with E-state index in [1.165, 1.54) is 5.56 Å². The first-order valence-corrected chi connectivity index (χ1v) is 5.97. The van der Waals surface area contributed by atoms with E-state index >= 15 is 0 Å². The number of halogens is 1. The van der Waals surface area contributed by atoms with Crippen LogP contribution in [0.2, 0.25) is 0 Å². The zero-order valence-corrected chi connectivity index (χ0v) is 11.4. The maximum atomic E-state index is 6.06. The molecule has 0 saturated heterocycles. The fraction of sp³-hybridized carbons (Fsp3) is 0.429. The lowest BCUT2D eigenvalue weighted by Crippen LogP contribution is -3.00. The van der Waals surface area contributed by atoms with Gasteiger partial charge in [-0.05, 0) is 26.0 Å². The van der Waals surface area contributed by atoms with Crippen molar-refractivity contribution in [1.82, 2.24) is 0 Å². The third-order valence-electron chi connectivity index (χ3n) is 3.67. The molecule has 0 bridgehead atoms. The molecule has 94 valence electrons. The van der Waals surface area contributed by atoms with Crippen molar-refractivity contribution in [1.29, 1.82) is 0 Å². The summed E-state index contributed by atoms with van der Waals surface area (Å²) in [6, 6.07) is 8.20. The fourth-order valence-electron chi connectivity index (χ4n) is 2.00. The first kappa shape index (κ1) is 14.1. The summed E-state index contributed by atoms with van der Waals surface area (Å²) in [5.74, 6) is 1.00. The smallest absolute Gasteiger partial charge is 0.253 e. The molecule has 0 amide bonds. The Morgan fingerprint density at radius 1 is 1.18 bits per heavy atom. The number of hydrogen-bond acceptors (Lipinski definition) is 1. The molecule has 0 aliphatic carbocycles. The third-order valence-corrected chi connectivity index (χ3v) is 3.67. The molecule has 17 heavy (non-hydrogen) atoms. The molecule has 3 heteroatoms. The highest BCUT2D eigenvalue weighted by Gasteiger charge is 2.31. The second-order valence-corrected chi connectivity index (χ2v) is 4.52. The summed E-state index contributed by atoms with van der Waals surface area (Å²) in [6.45, 7) is 6.57. The van der Waals surface area contributed by atoms with Gasteiger partial charge in [0, 0.05) is 11.6 Å². The summed E-state index contributed by atoms with van der Waals surface area (Å²) in [5.41, 5.74) is 1.18. The largest absolute Gasteiger partial charge is 1.00 e. The Morgan fingerprint density at radius 2 is 1.82 bits per heavy atom. The highest BCUT2D eigenvalue weighted by molar-refractivity contribution is 5.59. The molecule has 2 rings (SSSR count). The van der Waals surface area contributed by atoms with Crippen molar-refractivity contribution in [2.24, 2.45) is 0 Å². The SMILES string of the molecule is CC[N+](C)(CC)C1C=Cc2ccccc2O1.[Cl-]. The Hall–Kier alpha value is -0.990. The quantitative estimate of drug-likeness (QED) is 0.685. The van der Waals surface area contributed by atoms with Crippen LogP contribution in [0.5, 0.6) is 5.75 Å². The molecule has 1 unspecified atom stereocenters. The van der Waals surface area contributed by atoms with Gasteiger partial charge < -0.3 is 17.1 Å². The fourth-order valence-corrected chi connectivity index (χ4v) is 2.00. The number of rotatable bonds is 3. The van der Waals surface area contributed by atoms with Crippen molar-refractivity contribution >= 4 is 6.08 Å². The molecule has 0 aromatic heterocycles. The van der Waals surface area contributed by atoms with E-state index in [0.717, 1.165) is 23.3 Å². The number of ether oxygens (including phenoxy) is 1. The van der Waals surface area contributed by atoms with E-state index in [4.69, 9.17) is 4.74 Å². The van der Waals surface area contributed by atoms with Crippen molar-refractivity contribution in [3.63, 3.8) is 0 Å². The van der Waals surface area contributed by atoms with Gasteiger partial charge >= 0.3 is 0 Å². The predicted molar refractivity (Wildman–Crippen MR) is 67.2 cm³/mol. The predicted octanol–water partition coefficient (Wildman–Crippen LogP) is -0.0913. The van der Waals surface area contributed by atoms with Gasteiger partial charge in [0.1, 0.15) is 5.75 Å². The average Bonchev–Trinajstić information content (AvgIpc) is 2.37. The highest BCUT2D eigenvalue weighted by Crippen LogP contribution is 2.28. The van der Waals surface area contributed by atoms with Crippen LogP contribution in [0.25, 0.3) is 6.08 Å². The molecule has 0 fully saturated rings. The van der Waals surface area contributed by atoms with Crippen molar-refractivity contribution < 1.29 is 21.6 Å². The van der Waals surface area contributed by atoms with Gasteiger partial charge in [0.05, 0.1) is 20.1 Å². The minimum atomic E-state index is 0. The molecule has 1 aromatic carbocycles. The van der Waals surface area contributed by atoms with E-state index in [0.29, 0.717) is 0 Å². The molecule has 1 aliphatic rings. The number of hydrogen-bond donors (Lipinski definition) is 0. The zero-order chi connectivity index (χ0) is 11.6. The van der Waals surface area contributed by atoms with Gasteiger partial charge in [0.2, 0.25) is 0 Å². The first-order valence-electron chi connectivity index (χ1n) is 5.97. The highest BCUT2D eigenvalue weighted by atomic mass is 35.5. The number of nitrogens with zero attached hydrogens (tertiary/aromatic N) is 1. The molecule has 1 atom stereocenters. The lowest BCUT2D eigenvalue weighted by molar-refractivity contribution is -0.940. The standard InChI is InChI=1S/C14H20NO.ClH/c1-4-15(3,5-2)14-11-10-12-8-6-7-9-13(12)16-14;/h6-11,14H,4-5H2,1-3H3;1H/q+1;/p-1. The van der Waals surface area contributed by atoms with Crippen LogP contribution in [-0.2, 0) is 0 Å². The van der Waals surface area contributed by atoms with Crippen LogP contribution in [0.15, 0.2) is 30.3 Å². The Morgan fingerprint density at radius 3 is 2.47 bits per heavy atom. The summed E-state index contributed by atoms with van der Waals surface area (Å²) < 4.78 is 6.99. The average molecular weight is 254 g/mol. The molecule has 0 radical (unpaired) electrons. The van der Waals surface area contributed by atoms with Gasteiger partial charge in [-0.3, -0.25) is 4.48 Å². The Balaban J connectivity index is 0.00000144. The van der Waals surface area contributed by atoms with E-state index < -0.39 is 0 Å². The normalized spacial score (nSPS) is 17.9. The summed E-state index contributed by atoms with van der Waals surface area (Å²) in [4.78, 5) is 0. The van der Waals surface area contributed by atoms with Gasteiger partial charge in [-0.15, -0.1) is 0 Å². The van der Waals surface area contributed by atoms with Crippen molar-refractivity contribution in [2.45, 2.75) is 20.1 Å². The lowest BCUT2D eigenvalue weighted by Gasteiger charge is -2.39. The molecule has 1 heterocycles. The van der Waals surface area contributed by atoms with Gasteiger partial charge in [0.25, 0.3) is 6.23 Å². The molecule has 1 aromatic rings. The lowest BCUT2D eigenvalue weighted by atomic mass is 10.1. The minimum absolute atomic E-state index is 0. The van der Waals surface area contributed by atoms with Crippen LogP contribution in [0, 0.1) is 0 Å². The zero-order valence-electron chi connectivity index (χ0n) is 10.7. The topological polar surface area (TPSA) is 9.23 Å². The van der Waals surface area contributed by atoms with Gasteiger partial charge in [-0.2, -0.15) is 0 Å². The number of para-hydroxylation sites is 1. The number of likely N-dealkylation sites (N-methyl/N-ethyl adjacent to an activating group) is 1. The van der Waals surface area contributed by atoms with Crippen LogP contribution < -0.4 is 17.1 Å². The Bertz CT molecular complexity index is 399. The maximum Gasteiger partial charge on any atom is 0.253 e. The Kier molecular flexibility index (Phi) is 4.61. The summed E-state index contributed by atoms with van der Waals surface area (Å²) >= 11 is 0. The van der Waals surface area contributed by atoms with Crippen LogP contribution in [0.3, 0.4) is 0 Å². The summed E-state index contributed by atoms with van der Waals surface area (Å²) in [5, 5.41) is 0. The van der Waals surface area contributed by atoms with Crippen LogP contribution in [-0.4, -0.2) is 30.8 Å². The number of fused-ring (bicyclic) bond motifs is 1. The van der Waals surface area contributed by atoms with Crippen LogP contribution >= 0.6 is 0 Å². The molecule has 0 saturated carbocycles. The molecule has 0 N–H and O–H groups in total. The molecular formula is C14H20ClNO. The number of quaternary nitrogens is 1. The van der Waals surface area contributed by atoms with Gasteiger partial charge in [-0.25, -0.2) is 0 Å². The molecule has 1 aliphatic heterocycles. The van der Waals surface area contributed by atoms with E-state index in [1.54, 1.807) is 0 Å². The monoisotopic (exact) mass is 253 g/mol. The van der Waals surface area contributed by atoms with Gasteiger partial charge in [-0.1, -0.05) is 18.2 Å². The third kappa shape index (κ3) is 2.64. The summed E-state index contributed by atoms with van der Waals surface area (Å²) in [7, 11) is 2.24. The van der Waals surface area contributed by atoms with Crippen molar-refractivity contribution in [3.05, 3.63) is 35.9 Å². The van der Waals surface area contributed by atoms with Crippen molar-refractivity contribution in [3.8, 4) is 5.75 Å². The minimum Gasteiger partial charge on any atom is -1.00 e. The molecule has 0 spiro atoms. The van der Waals surface area contributed by atoms with E-state index in [-0.39, 0.29) is 18.6 Å². The second-order valence-electron chi connectivity index (χ2n) is 4.52. The summed E-state index contributed by atoms with van der Waals surface area (Å²) in [6.07, 6.45) is 4.49. The molecular weight excluding hydrogens is 234 g/mol. The van der Waals surface area contributed by atoms with Crippen molar-refractivity contribution in [2.75, 3.05) is 20.1 Å². The number of benzene rings is 1. The maximum absolute atomic E-state index is 6.06. The molecule has 2 nitrogen and oxygen atoms in total. The second kappa shape index (κ2) is 5.56. The van der Waals surface area contributed by atoms with E-state index in [1.807, 2.05) is 18.2 Å².